The van der Waals surface area contributed by atoms with Gasteiger partial charge in [-0.15, -0.1) is 0 Å². The Balaban J connectivity index is 1.76. The maximum atomic E-state index is 11.8. The van der Waals surface area contributed by atoms with Gasteiger partial charge in [-0.25, -0.2) is 4.63 Å². The number of carbonyl (C=O) groups excluding carboxylic acids is 1. The molecule has 20 heavy (non-hydrogen) atoms. The van der Waals surface area contributed by atoms with Crippen LogP contribution in [0.4, 0.5) is 11.5 Å². The van der Waals surface area contributed by atoms with Crippen LogP contribution in [0.2, 0.25) is 0 Å². The van der Waals surface area contributed by atoms with E-state index in [1.807, 2.05) is 0 Å². The molecule has 0 saturated carbocycles. The Morgan fingerprint density at radius 3 is 2.45 bits per heavy atom. The Bertz CT molecular complexity index is 718. The van der Waals surface area contributed by atoms with Crippen LogP contribution in [0.1, 0.15) is 10.5 Å². The number of hydrogen-bond acceptors (Lipinski definition) is 7. The number of hydrogen-bond donors (Lipinski definition) is 2. The number of nitrogens with two attached hydrogens (primary N) is 1. The maximum absolute atomic E-state index is 11.8. The highest BCUT2D eigenvalue weighted by Gasteiger charge is 2.15. The lowest BCUT2D eigenvalue weighted by Crippen LogP contribution is -2.14. The summed E-state index contributed by atoms with van der Waals surface area (Å²) < 4.78 is 4.37. The summed E-state index contributed by atoms with van der Waals surface area (Å²) in [6.07, 6.45) is 3.16. The molecule has 3 N–H and O–H groups in total. The molecule has 0 spiro atoms. The van der Waals surface area contributed by atoms with Gasteiger partial charge in [-0.2, -0.15) is 15.0 Å². The van der Waals surface area contributed by atoms with Gasteiger partial charge in [0.1, 0.15) is 0 Å². The molecule has 3 aromatic rings. The van der Waals surface area contributed by atoms with Crippen LogP contribution < -0.4 is 11.1 Å². The van der Waals surface area contributed by atoms with Crippen LogP contribution in [0.25, 0.3) is 5.69 Å². The summed E-state index contributed by atoms with van der Waals surface area (Å²) >= 11 is 0. The smallest absolute Gasteiger partial charge is 0.281 e. The van der Waals surface area contributed by atoms with Gasteiger partial charge in [0.2, 0.25) is 11.5 Å². The number of nitrogen functional groups attached to an aromatic ring is 1. The van der Waals surface area contributed by atoms with Crippen LogP contribution >= 0.6 is 0 Å². The minimum Gasteiger partial charge on any atom is -0.379 e. The second-order valence-corrected chi connectivity index (χ2v) is 3.82. The summed E-state index contributed by atoms with van der Waals surface area (Å²) in [4.78, 5) is 13.3. The van der Waals surface area contributed by atoms with E-state index in [-0.39, 0.29) is 11.5 Å². The molecule has 9 heteroatoms. The number of amides is 1. The van der Waals surface area contributed by atoms with E-state index in [0.29, 0.717) is 5.69 Å². The van der Waals surface area contributed by atoms with Crippen molar-refractivity contribution in [1.29, 1.82) is 0 Å². The van der Waals surface area contributed by atoms with E-state index in [2.05, 4.69) is 30.5 Å². The van der Waals surface area contributed by atoms with Crippen molar-refractivity contribution in [2.75, 3.05) is 11.1 Å². The van der Waals surface area contributed by atoms with Crippen LogP contribution in [0.15, 0.2) is 41.3 Å². The van der Waals surface area contributed by atoms with Crippen LogP contribution in [0.3, 0.4) is 0 Å². The number of aromatic nitrogens is 5. The third-order valence-electron chi connectivity index (χ3n) is 2.50. The number of carbonyl (C=O) groups is 1. The summed E-state index contributed by atoms with van der Waals surface area (Å²) in [7, 11) is 0. The molecule has 0 aliphatic carbocycles. The van der Waals surface area contributed by atoms with Gasteiger partial charge < -0.3 is 11.1 Å². The molecule has 1 amide bonds. The van der Waals surface area contributed by atoms with Crippen molar-refractivity contribution in [3.8, 4) is 5.69 Å². The molecule has 9 nitrogen and oxygen atoms in total. The third kappa shape index (κ3) is 2.19. The van der Waals surface area contributed by atoms with Gasteiger partial charge in [0.15, 0.2) is 0 Å². The monoisotopic (exact) mass is 271 g/mol. The van der Waals surface area contributed by atoms with Gasteiger partial charge in [-0.05, 0) is 34.6 Å². The molecule has 0 aliphatic heterocycles. The van der Waals surface area contributed by atoms with Crippen molar-refractivity contribution in [2.24, 2.45) is 0 Å². The van der Waals surface area contributed by atoms with Crippen LogP contribution in [0.5, 0.6) is 0 Å². The quantitative estimate of drug-likeness (QED) is 0.709. The van der Waals surface area contributed by atoms with E-state index in [0.717, 1.165) is 5.69 Å². The average Bonchev–Trinajstić information content (AvgIpc) is 3.10. The maximum Gasteiger partial charge on any atom is 0.281 e. The molecule has 0 radical (unpaired) electrons. The van der Waals surface area contributed by atoms with Gasteiger partial charge in [0.05, 0.1) is 18.1 Å². The number of nitrogens with zero attached hydrogens (tertiary/aromatic N) is 5. The van der Waals surface area contributed by atoms with Crippen LogP contribution in [0, 0.1) is 0 Å². The zero-order chi connectivity index (χ0) is 13.9. The van der Waals surface area contributed by atoms with E-state index in [9.17, 15) is 4.79 Å². The van der Waals surface area contributed by atoms with Crippen molar-refractivity contribution in [3.05, 3.63) is 42.4 Å². The third-order valence-corrected chi connectivity index (χ3v) is 2.50. The molecule has 2 heterocycles. The molecule has 0 atom stereocenters. The van der Waals surface area contributed by atoms with E-state index < -0.39 is 5.91 Å². The highest BCUT2D eigenvalue weighted by Crippen LogP contribution is 2.14. The summed E-state index contributed by atoms with van der Waals surface area (Å²) in [5, 5.41) is 17.4. The lowest BCUT2D eigenvalue weighted by atomic mass is 10.2. The Morgan fingerprint density at radius 2 is 1.85 bits per heavy atom. The first-order chi connectivity index (χ1) is 9.74. The van der Waals surface area contributed by atoms with E-state index >= 15 is 0 Å². The summed E-state index contributed by atoms with van der Waals surface area (Å²) in [6, 6.07) is 6.95. The molecule has 0 aliphatic rings. The fraction of sp³-hybridized carbons (Fsp3) is 0. The largest absolute Gasteiger partial charge is 0.379 e. The minimum absolute atomic E-state index is 0.0529. The number of anilines is 2. The Kier molecular flexibility index (Phi) is 2.84. The van der Waals surface area contributed by atoms with Crippen molar-refractivity contribution in [3.63, 3.8) is 0 Å². The Morgan fingerprint density at radius 1 is 1.15 bits per heavy atom. The second-order valence-electron chi connectivity index (χ2n) is 3.82. The number of rotatable bonds is 3. The molecule has 3 rings (SSSR count). The molecule has 0 unspecified atom stereocenters. The molecule has 1 aromatic carbocycles. The highest BCUT2D eigenvalue weighted by molar-refractivity contribution is 6.05. The molecular formula is C11H9N7O2. The second kappa shape index (κ2) is 4.80. The summed E-state index contributed by atoms with van der Waals surface area (Å²) in [5.74, 6) is -0.548. The molecule has 0 saturated heterocycles. The zero-order valence-electron chi connectivity index (χ0n) is 10.1. The van der Waals surface area contributed by atoms with Crippen LogP contribution in [-0.4, -0.2) is 31.2 Å². The van der Waals surface area contributed by atoms with Gasteiger partial charge in [-0.1, -0.05) is 0 Å². The molecule has 2 aromatic heterocycles. The van der Waals surface area contributed by atoms with E-state index in [1.165, 1.54) is 4.80 Å². The van der Waals surface area contributed by atoms with Crippen molar-refractivity contribution in [1.82, 2.24) is 25.3 Å². The first-order valence-electron chi connectivity index (χ1n) is 5.60. The lowest BCUT2D eigenvalue weighted by molar-refractivity contribution is 0.101. The average molecular weight is 271 g/mol. The fourth-order valence-corrected chi connectivity index (χ4v) is 1.57. The lowest BCUT2D eigenvalue weighted by Gasteiger charge is -2.04. The zero-order valence-corrected chi connectivity index (χ0v) is 10.1. The van der Waals surface area contributed by atoms with Crippen molar-refractivity contribution >= 4 is 17.4 Å². The topological polar surface area (TPSA) is 125 Å². The molecule has 0 fully saturated rings. The number of nitrogens with one attached hydrogen (secondary N) is 1. The van der Waals surface area contributed by atoms with Gasteiger partial charge in [0, 0.05) is 5.69 Å². The predicted molar refractivity (Wildman–Crippen MR) is 68.0 cm³/mol. The Labute approximate surface area is 112 Å². The van der Waals surface area contributed by atoms with Gasteiger partial charge >= 0.3 is 0 Å². The van der Waals surface area contributed by atoms with Crippen molar-refractivity contribution in [2.45, 2.75) is 0 Å². The Hall–Kier alpha value is -3.23. The molecular weight excluding hydrogens is 262 g/mol. The van der Waals surface area contributed by atoms with Crippen LogP contribution in [-0.2, 0) is 0 Å². The fourth-order valence-electron chi connectivity index (χ4n) is 1.57. The minimum atomic E-state index is -0.492. The summed E-state index contributed by atoms with van der Waals surface area (Å²) in [6.45, 7) is 0. The predicted octanol–water partition coefficient (Wildman–Crippen LogP) is 0.485. The van der Waals surface area contributed by atoms with Crippen molar-refractivity contribution < 1.29 is 9.42 Å². The SMILES string of the molecule is Nc1nonc1C(=O)Nc1ccc(-n2nccn2)cc1. The van der Waals surface area contributed by atoms with Gasteiger partial charge in [-0.3, -0.25) is 4.79 Å². The normalized spacial score (nSPS) is 10.4. The van der Waals surface area contributed by atoms with E-state index in [1.54, 1.807) is 36.7 Å². The first-order valence-corrected chi connectivity index (χ1v) is 5.60. The van der Waals surface area contributed by atoms with Gasteiger partial charge in [0.25, 0.3) is 5.91 Å². The summed E-state index contributed by atoms with van der Waals surface area (Å²) in [5.41, 5.74) is 6.73. The molecule has 100 valence electrons. The first kappa shape index (κ1) is 11.8. The number of benzene rings is 1. The molecule has 0 bridgehead atoms. The standard InChI is InChI=1S/C11H9N7O2/c12-10-9(16-20-17-10)11(19)15-7-1-3-8(4-2-7)18-13-5-6-14-18/h1-6H,(H2,12,17)(H,15,19). The highest BCUT2D eigenvalue weighted by atomic mass is 16.6. The van der Waals surface area contributed by atoms with E-state index in [4.69, 9.17) is 5.73 Å².